The van der Waals surface area contributed by atoms with Crippen LogP contribution in [0.5, 0.6) is 0 Å². The maximum Gasteiger partial charge on any atom is 0.184 e. The summed E-state index contributed by atoms with van der Waals surface area (Å²) in [6.45, 7) is 2.09. The zero-order chi connectivity index (χ0) is 8.10. The Labute approximate surface area is 66.5 Å². The van der Waals surface area contributed by atoms with Crippen molar-refractivity contribution in [3.05, 3.63) is 24.0 Å². The zero-order valence-electron chi connectivity index (χ0n) is 6.62. The highest BCUT2D eigenvalue weighted by molar-refractivity contribution is 5.71. The van der Waals surface area contributed by atoms with Gasteiger partial charge in [-0.15, -0.1) is 0 Å². The molecule has 0 fully saturated rings. The first kappa shape index (κ1) is 8.05. The van der Waals surface area contributed by atoms with Gasteiger partial charge < -0.3 is 4.74 Å². The molecule has 1 aliphatic heterocycles. The number of ether oxygens (including phenoxy) is 1. The Balaban J connectivity index is 2.47. The van der Waals surface area contributed by atoms with Gasteiger partial charge in [0, 0.05) is 0 Å². The molecule has 1 unspecified atom stereocenters. The van der Waals surface area contributed by atoms with Crippen LogP contribution >= 0.6 is 0 Å². The van der Waals surface area contributed by atoms with Gasteiger partial charge in [0.15, 0.2) is 12.0 Å². The van der Waals surface area contributed by atoms with Gasteiger partial charge in [-0.25, -0.2) is 0 Å². The van der Waals surface area contributed by atoms with Crippen LogP contribution in [-0.4, -0.2) is 12.4 Å². The van der Waals surface area contributed by atoms with Gasteiger partial charge in [0.1, 0.15) is 6.10 Å². The molecule has 1 heterocycles. The standard InChI is InChI=1S/C9H12O2/c1-2-4-8-5-3-6-9(7-10)11-8/h3,5-8H,2,4H2,1H3. The first-order valence-corrected chi connectivity index (χ1v) is 3.87. The third kappa shape index (κ3) is 2.22. The fourth-order valence-corrected chi connectivity index (χ4v) is 1.03. The van der Waals surface area contributed by atoms with Crippen molar-refractivity contribution in [2.75, 3.05) is 0 Å². The molecular formula is C9H12O2. The smallest absolute Gasteiger partial charge is 0.184 e. The van der Waals surface area contributed by atoms with Gasteiger partial charge >= 0.3 is 0 Å². The lowest BCUT2D eigenvalue weighted by Crippen LogP contribution is -2.12. The Bertz CT molecular complexity index is 192. The molecule has 0 spiro atoms. The second-order valence-corrected chi connectivity index (χ2v) is 2.52. The third-order valence-corrected chi connectivity index (χ3v) is 1.56. The molecule has 60 valence electrons. The highest BCUT2D eigenvalue weighted by Crippen LogP contribution is 2.12. The number of carbonyl (C=O) groups excluding carboxylic acids is 1. The average Bonchev–Trinajstić information content (AvgIpc) is 2.06. The fourth-order valence-electron chi connectivity index (χ4n) is 1.03. The van der Waals surface area contributed by atoms with Crippen molar-refractivity contribution < 1.29 is 9.53 Å². The molecule has 0 saturated carbocycles. The average molecular weight is 152 g/mol. The lowest BCUT2D eigenvalue weighted by Gasteiger charge is -2.16. The van der Waals surface area contributed by atoms with Crippen LogP contribution in [0, 0.1) is 0 Å². The Kier molecular flexibility index (Phi) is 2.90. The Morgan fingerprint density at radius 1 is 1.73 bits per heavy atom. The minimum Gasteiger partial charge on any atom is -0.483 e. The van der Waals surface area contributed by atoms with E-state index in [9.17, 15) is 4.79 Å². The number of hydrogen-bond acceptors (Lipinski definition) is 2. The Morgan fingerprint density at radius 2 is 2.55 bits per heavy atom. The first-order valence-electron chi connectivity index (χ1n) is 3.87. The number of rotatable bonds is 3. The molecular weight excluding hydrogens is 140 g/mol. The summed E-state index contributed by atoms with van der Waals surface area (Å²) in [5.74, 6) is 0.436. The Hall–Kier alpha value is -1.05. The highest BCUT2D eigenvalue weighted by Gasteiger charge is 2.09. The monoisotopic (exact) mass is 152 g/mol. The zero-order valence-corrected chi connectivity index (χ0v) is 6.62. The molecule has 0 bridgehead atoms. The van der Waals surface area contributed by atoms with E-state index in [4.69, 9.17) is 4.74 Å². The van der Waals surface area contributed by atoms with Crippen molar-refractivity contribution in [2.24, 2.45) is 0 Å². The third-order valence-electron chi connectivity index (χ3n) is 1.56. The molecule has 0 aliphatic carbocycles. The summed E-state index contributed by atoms with van der Waals surface area (Å²) in [6, 6.07) is 0. The van der Waals surface area contributed by atoms with Gasteiger partial charge in [0.25, 0.3) is 0 Å². The molecule has 0 N–H and O–H groups in total. The quantitative estimate of drug-likeness (QED) is 0.576. The molecule has 0 radical (unpaired) electrons. The van der Waals surface area contributed by atoms with Crippen molar-refractivity contribution >= 4 is 6.29 Å². The second kappa shape index (κ2) is 3.96. The minimum absolute atomic E-state index is 0.102. The van der Waals surface area contributed by atoms with E-state index in [0.717, 1.165) is 19.1 Å². The lowest BCUT2D eigenvalue weighted by molar-refractivity contribution is -0.108. The van der Waals surface area contributed by atoms with Crippen molar-refractivity contribution in [3.63, 3.8) is 0 Å². The van der Waals surface area contributed by atoms with E-state index in [1.54, 1.807) is 6.08 Å². The number of carbonyl (C=O) groups is 1. The van der Waals surface area contributed by atoms with Crippen LogP contribution in [0.4, 0.5) is 0 Å². The molecule has 2 nitrogen and oxygen atoms in total. The summed E-state index contributed by atoms with van der Waals surface area (Å²) in [7, 11) is 0. The summed E-state index contributed by atoms with van der Waals surface area (Å²) < 4.78 is 5.28. The van der Waals surface area contributed by atoms with Gasteiger partial charge in [-0.1, -0.05) is 19.4 Å². The van der Waals surface area contributed by atoms with Gasteiger partial charge in [-0.05, 0) is 18.6 Å². The topological polar surface area (TPSA) is 26.3 Å². The molecule has 0 aromatic heterocycles. The summed E-state index contributed by atoms with van der Waals surface area (Å²) in [4.78, 5) is 10.3. The highest BCUT2D eigenvalue weighted by atomic mass is 16.5. The lowest BCUT2D eigenvalue weighted by atomic mass is 10.1. The summed E-state index contributed by atoms with van der Waals surface area (Å²) in [5, 5.41) is 0. The van der Waals surface area contributed by atoms with Gasteiger partial charge in [-0.3, -0.25) is 4.79 Å². The van der Waals surface area contributed by atoms with Gasteiger partial charge in [-0.2, -0.15) is 0 Å². The molecule has 1 atom stereocenters. The summed E-state index contributed by atoms with van der Waals surface area (Å²) in [5.41, 5.74) is 0. The van der Waals surface area contributed by atoms with Crippen LogP contribution in [0.15, 0.2) is 24.0 Å². The van der Waals surface area contributed by atoms with Crippen molar-refractivity contribution in [3.8, 4) is 0 Å². The van der Waals surface area contributed by atoms with E-state index >= 15 is 0 Å². The molecule has 0 saturated heterocycles. The molecule has 1 aliphatic rings. The normalized spacial score (nSPS) is 22.3. The van der Waals surface area contributed by atoms with E-state index in [2.05, 4.69) is 6.92 Å². The largest absolute Gasteiger partial charge is 0.483 e. The van der Waals surface area contributed by atoms with Crippen LogP contribution in [0.25, 0.3) is 0 Å². The van der Waals surface area contributed by atoms with Gasteiger partial charge in [0.2, 0.25) is 0 Å². The maximum atomic E-state index is 10.3. The molecule has 0 aromatic carbocycles. The van der Waals surface area contributed by atoms with Crippen molar-refractivity contribution in [1.29, 1.82) is 0 Å². The Morgan fingerprint density at radius 3 is 3.18 bits per heavy atom. The van der Waals surface area contributed by atoms with E-state index in [-0.39, 0.29) is 6.10 Å². The number of aldehydes is 1. The predicted octanol–water partition coefficient (Wildman–Crippen LogP) is 1.82. The summed E-state index contributed by atoms with van der Waals surface area (Å²) in [6.07, 6.45) is 8.41. The fraction of sp³-hybridized carbons (Fsp3) is 0.444. The van der Waals surface area contributed by atoms with Crippen LogP contribution in [0.1, 0.15) is 19.8 Å². The number of allylic oxidation sites excluding steroid dienone is 3. The van der Waals surface area contributed by atoms with E-state index in [1.807, 2.05) is 12.2 Å². The van der Waals surface area contributed by atoms with Crippen LogP contribution < -0.4 is 0 Å². The minimum atomic E-state index is 0.102. The van der Waals surface area contributed by atoms with Crippen LogP contribution in [0.2, 0.25) is 0 Å². The van der Waals surface area contributed by atoms with E-state index in [0.29, 0.717) is 5.76 Å². The van der Waals surface area contributed by atoms with Crippen molar-refractivity contribution in [1.82, 2.24) is 0 Å². The van der Waals surface area contributed by atoms with E-state index < -0.39 is 0 Å². The summed E-state index contributed by atoms with van der Waals surface area (Å²) >= 11 is 0. The molecule has 1 rings (SSSR count). The SMILES string of the molecule is CCCC1C=CC=C(C=O)O1. The van der Waals surface area contributed by atoms with Crippen LogP contribution in [-0.2, 0) is 9.53 Å². The second-order valence-electron chi connectivity index (χ2n) is 2.52. The molecule has 0 amide bonds. The van der Waals surface area contributed by atoms with Crippen molar-refractivity contribution in [2.45, 2.75) is 25.9 Å². The maximum absolute atomic E-state index is 10.3. The molecule has 11 heavy (non-hydrogen) atoms. The molecule has 2 heteroatoms. The first-order chi connectivity index (χ1) is 5.36. The van der Waals surface area contributed by atoms with Gasteiger partial charge in [0.05, 0.1) is 0 Å². The number of hydrogen-bond donors (Lipinski definition) is 0. The molecule has 0 aromatic rings. The van der Waals surface area contributed by atoms with Crippen LogP contribution in [0.3, 0.4) is 0 Å². The van der Waals surface area contributed by atoms with E-state index in [1.165, 1.54) is 0 Å². The predicted molar refractivity (Wildman–Crippen MR) is 43.1 cm³/mol.